The molecule has 1 atom stereocenters. The number of benzene rings is 1. The quantitative estimate of drug-likeness (QED) is 0.331. The summed E-state index contributed by atoms with van der Waals surface area (Å²) in [5.41, 5.74) is 2.52. The van der Waals surface area contributed by atoms with Crippen LogP contribution >= 0.6 is 0 Å². The van der Waals surface area contributed by atoms with E-state index in [1.165, 1.54) is 16.1 Å². The maximum absolute atomic E-state index is 10.6. The zero-order valence-electron chi connectivity index (χ0n) is 8.02. The summed E-state index contributed by atoms with van der Waals surface area (Å²) >= 11 is 0. The summed E-state index contributed by atoms with van der Waals surface area (Å²) in [6.45, 7) is 0. The summed E-state index contributed by atoms with van der Waals surface area (Å²) in [5, 5.41) is 1.28. The first kappa shape index (κ1) is 9.21. The van der Waals surface area contributed by atoms with Crippen LogP contribution in [0.2, 0.25) is 0 Å². The number of carbonyl (C=O) groups is 1. The van der Waals surface area contributed by atoms with Crippen molar-refractivity contribution in [2.45, 2.75) is 25.3 Å². The smallest absolute Gasteiger partial charge is 0.224 e. The molecule has 1 unspecified atom stereocenters. The molecule has 0 bridgehead atoms. The molecule has 3 nitrogen and oxygen atoms in total. The number of rotatable bonds is 2. The maximum atomic E-state index is 10.6. The van der Waals surface area contributed by atoms with Gasteiger partial charge in [-0.3, -0.25) is 9.80 Å². The van der Waals surface area contributed by atoms with Gasteiger partial charge in [-0.2, -0.15) is 0 Å². The van der Waals surface area contributed by atoms with Crippen LogP contribution in [0, 0.1) is 0 Å². The van der Waals surface area contributed by atoms with E-state index in [9.17, 15) is 4.79 Å². The molecule has 0 saturated heterocycles. The molecule has 74 valence electrons. The SMILES string of the molecule is NN(C=O)C1CCCc2ccccc21. The molecule has 2 N–H and O–H groups in total. The molecule has 3 heteroatoms. The molecular formula is C11H14N2O. The highest BCUT2D eigenvalue weighted by atomic mass is 16.1. The van der Waals surface area contributed by atoms with Gasteiger partial charge in [0.1, 0.15) is 0 Å². The van der Waals surface area contributed by atoms with E-state index < -0.39 is 0 Å². The highest BCUT2D eigenvalue weighted by Gasteiger charge is 2.22. The topological polar surface area (TPSA) is 46.3 Å². The van der Waals surface area contributed by atoms with Crippen LogP contribution in [0.5, 0.6) is 0 Å². The lowest BCUT2D eigenvalue weighted by Gasteiger charge is -2.30. The number of nitrogens with zero attached hydrogens (tertiary/aromatic N) is 1. The van der Waals surface area contributed by atoms with E-state index in [-0.39, 0.29) is 6.04 Å². The lowest BCUT2D eigenvalue weighted by molar-refractivity contribution is -0.120. The van der Waals surface area contributed by atoms with Gasteiger partial charge in [-0.1, -0.05) is 24.3 Å². The number of hydrogen-bond donors (Lipinski definition) is 1. The van der Waals surface area contributed by atoms with Crippen molar-refractivity contribution in [2.75, 3.05) is 0 Å². The number of carbonyl (C=O) groups excluding carboxylic acids is 1. The van der Waals surface area contributed by atoms with Gasteiger partial charge in [0.15, 0.2) is 0 Å². The molecule has 1 aliphatic carbocycles. The van der Waals surface area contributed by atoms with E-state index in [0.717, 1.165) is 19.3 Å². The number of hydrogen-bond acceptors (Lipinski definition) is 2. The third-order valence-electron chi connectivity index (χ3n) is 2.82. The Balaban J connectivity index is 2.35. The van der Waals surface area contributed by atoms with Crippen molar-refractivity contribution in [3.63, 3.8) is 0 Å². The van der Waals surface area contributed by atoms with E-state index in [1.807, 2.05) is 12.1 Å². The van der Waals surface area contributed by atoms with Crippen molar-refractivity contribution >= 4 is 6.41 Å². The van der Waals surface area contributed by atoms with Gasteiger partial charge in [0, 0.05) is 0 Å². The first-order chi connectivity index (χ1) is 6.83. The Labute approximate surface area is 83.5 Å². The third-order valence-corrected chi connectivity index (χ3v) is 2.82. The van der Waals surface area contributed by atoms with E-state index >= 15 is 0 Å². The molecule has 1 aromatic rings. The molecule has 2 rings (SSSR count). The van der Waals surface area contributed by atoms with E-state index in [0.29, 0.717) is 6.41 Å². The second kappa shape index (κ2) is 3.80. The fourth-order valence-corrected chi connectivity index (χ4v) is 2.11. The number of aryl methyl sites for hydroxylation is 1. The minimum atomic E-state index is 0.0671. The highest BCUT2D eigenvalue weighted by molar-refractivity contribution is 5.48. The number of nitrogens with two attached hydrogens (primary N) is 1. The Bertz CT molecular complexity index is 338. The van der Waals surface area contributed by atoms with Crippen molar-refractivity contribution in [2.24, 2.45) is 5.84 Å². The van der Waals surface area contributed by atoms with E-state index in [4.69, 9.17) is 5.84 Å². The monoisotopic (exact) mass is 190 g/mol. The standard InChI is InChI=1S/C11H14N2O/c12-13(8-14)11-7-3-5-9-4-1-2-6-10(9)11/h1-2,4,6,8,11H,3,5,7,12H2. The van der Waals surface area contributed by atoms with Gasteiger partial charge in [0.25, 0.3) is 0 Å². The van der Waals surface area contributed by atoms with Crippen LogP contribution in [-0.2, 0) is 11.2 Å². The molecule has 0 spiro atoms. The van der Waals surface area contributed by atoms with Crippen LogP contribution in [0.15, 0.2) is 24.3 Å². The molecule has 0 fully saturated rings. The lowest BCUT2D eigenvalue weighted by atomic mass is 9.87. The second-order valence-corrected chi connectivity index (χ2v) is 3.66. The highest BCUT2D eigenvalue weighted by Crippen LogP contribution is 2.31. The number of fused-ring (bicyclic) bond motifs is 1. The molecule has 1 aromatic carbocycles. The normalized spacial score (nSPS) is 19.9. The summed E-state index contributed by atoms with van der Waals surface area (Å²) in [4.78, 5) is 10.6. The molecule has 1 aliphatic rings. The lowest BCUT2D eigenvalue weighted by Crippen LogP contribution is -2.35. The number of amides is 1. The molecular weight excluding hydrogens is 176 g/mol. The van der Waals surface area contributed by atoms with Crippen LogP contribution in [0.3, 0.4) is 0 Å². The van der Waals surface area contributed by atoms with Crippen LogP contribution in [0.25, 0.3) is 0 Å². The van der Waals surface area contributed by atoms with Crippen LogP contribution < -0.4 is 5.84 Å². The molecule has 0 aromatic heterocycles. The van der Waals surface area contributed by atoms with Crippen molar-refractivity contribution in [3.8, 4) is 0 Å². The Morgan fingerprint density at radius 2 is 2.21 bits per heavy atom. The van der Waals surface area contributed by atoms with Gasteiger partial charge in [0.2, 0.25) is 6.41 Å². The van der Waals surface area contributed by atoms with E-state index in [1.54, 1.807) is 0 Å². The predicted molar refractivity (Wildman–Crippen MR) is 54.2 cm³/mol. The summed E-state index contributed by atoms with van der Waals surface area (Å²) in [5.74, 6) is 5.63. The van der Waals surface area contributed by atoms with Crippen LogP contribution in [-0.4, -0.2) is 11.4 Å². The Hall–Kier alpha value is -1.35. The Kier molecular flexibility index (Phi) is 2.50. The molecule has 0 heterocycles. The predicted octanol–water partition coefficient (Wildman–Crippen LogP) is 1.40. The fourth-order valence-electron chi connectivity index (χ4n) is 2.11. The zero-order chi connectivity index (χ0) is 9.97. The molecule has 1 amide bonds. The summed E-state index contributed by atoms with van der Waals surface area (Å²) in [6.07, 6.45) is 3.86. The van der Waals surface area contributed by atoms with Crippen molar-refractivity contribution in [1.82, 2.24) is 5.01 Å². The minimum absolute atomic E-state index is 0.0671. The molecule has 0 saturated carbocycles. The third kappa shape index (κ3) is 1.51. The fraction of sp³-hybridized carbons (Fsp3) is 0.364. The first-order valence-corrected chi connectivity index (χ1v) is 4.89. The Morgan fingerprint density at radius 3 is 3.00 bits per heavy atom. The van der Waals surface area contributed by atoms with Gasteiger partial charge in [-0.15, -0.1) is 0 Å². The van der Waals surface area contributed by atoms with E-state index in [2.05, 4.69) is 12.1 Å². The Morgan fingerprint density at radius 1 is 1.43 bits per heavy atom. The summed E-state index contributed by atoms with van der Waals surface area (Å²) in [7, 11) is 0. The molecule has 0 aliphatic heterocycles. The molecule has 14 heavy (non-hydrogen) atoms. The van der Waals surface area contributed by atoms with Crippen molar-refractivity contribution in [1.29, 1.82) is 0 Å². The van der Waals surface area contributed by atoms with Crippen molar-refractivity contribution in [3.05, 3.63) is 35.4 Å². The van der Waals surface area contributed by atoms with Gasteiger partial charge in [-0.25, -0.2) is 5.84 Å². The first-order valence-electron chi connectivity index (χ1n) is 4.89. The van der Waals surface area contributed by atoms with Crippen LogP contribution in [0.1, 0.15) is 30.0 Å². The summed E-state index contributed by atoms with van der Waals surface area (Å²) < 4.78 is 0. The van der Waals surface area contributed by atoms with Gasteiger partial charge in [-0.05, 0) is 30.4 Å². The largest absolute Gasteiger partial charge is 0.277 e. The van der Waals surface area contributed by atoms with Crippen molar-refractivity contribution < 1.29 is 4.79 Å². The zero-order valence-corrected chi connectivity index (χ0v) is 8.02. The second-order valence-electron chi connectivity index (χ2n) is 3.66. The number of hydrazine groups is 1. The molecule has 0 radical (unpaired) electrons. The van der Waals surface area contributed by atoms with Gasteiger partial charge in [0.05, 0.1) is 6.04 Å². The van der Waals surface area contributed by atoms with Gasteiger partial charge < -0.3 is 0 Å². The average molecular weight is 190 g/mol. The van der Waals surface area contributed by atoms with Gasteiger partial charge >= 0.3 is 0 Å². The summed E-state index contributed by atoms with van der Waals surface area (Å²) in [6, 6.07) is 8.26. The minimum Gasteiger partial charge on any atom is -0.277 e. The maximum Gasteiger partial charge on any atom is 0.224 e. The average Bonchev–Trinajstić information content (AvgIpc) is 2.27. The van der Waals surface area contributed by atoms with Crippen LogP contribution in [0.4, 0.5) is 0 Å².